The molecule has 0 amide bonds. The number of hydrogen-bond acceptors (Lipinski definition) is 4. The molecule has 130 valence electrons. The smallest absolute Gasteiger partial charge is 0.136 e. The van der Waals surface area contributed by atoms with Gasteiger partial charge in [-0.3, -0.25) is 0 Å². The molecule has 0 aliphatic rings. The summed E-state index contributed by atoms with van der Waals surface area (Å²) in [5.41, 5.74) is 2.18. The molecule has 0 saturated heterocycles. The van der Waals surface area contributed by atoms with Crippen molar-refractivity contribution in [3.63, 3.8) is 0 Å². The number of aryl methyl sites for hydroxylation is 1. The largest absolute Gasteiger partial charge is 0.507 e. The molecule has 0 aliphatic heterocycles. The second-order valence-electron chi connectivity index (χ2n) is 5.75. The minimum atomic E-state index is 0.0923. The van der Waals surface area contributed by atoms with Crippen LogP contribution in [-0.4, -0.2) is 10.1 Å². The number of fused-ring (bicyclic) bond motifs is 1. The molecule has 0 spiro atoms. The summed E-state index contributed by atoms with van der Waals surface area (Å²) in [7, 11) is 0. The molecular weight excluding hydrogens is 389 g/mol. The third kappa shape index (κ3) is 3.23. The van der Waals surface area contributed by atoms with Crippen molar-refractivity contribution in [3.05, 3.63) is 74.9 Å². The molecule has 2 heterocycles. The summed E-state index contributed by atoms with van der Waals surface area (Å²) >= 11 is 13.8. The van der Waals surface area contributed by atoms with E-state index in [4.69, 9.17) is 27.6 Å². The second kappa shape index (κ2) is 6.80. The summed E-state index contributed by atoms with van der Waals surface area (Å²) in [5.74, 6) is 1.23. The van der Waals surface area contributed by atoms with Crippen molar-refractivity contribution in [2.45, 2.75) is 6.92 Å². The van der Waals surface area contributed by atoms with Crippen LogP contribution in [0.2, 0.25) is 10.0 Å². The number of nitrogens with zero attached hydrogens (tertiary/aromatic N) is 1. The highest BCUT2D eigenvalue weighted by Crippen LogP contribution is 2.35. The monoisotopic (exact) mass is 401 g/mol. The van der Waals surface area contributed by atoms with Crippen LogP contribution in [0.25, 0.3) is 33.4 Å². The maximum atomic E-state index is 10.6. The van der Waals surface area contributed by atoms with Gasteiger partial charge < -0.3 is 9.52 Å². The van der Waals surface area contributed by atoms with Crippen molar-refractivity contribution < 1.29 is 9.52 Å². The van der Waals surface area contributed by atoms with E-state index in [1.165, 1.54) is 11.3 Å². The number of aliphatic hydroxyl groups excluding tert-OH is 1. The van der Waals surface area contributed by atoms with Crippen LogP contribution < -0.4 is 0 Å². The average molecular weight is 402 g/mol. The van der Waals surface area contributed by atoms with Crippen molar-refractivity contribution in [2.75, 3.05) is 0 Å². The molecular formula is C20H13Cl2NO2S. The van der Waals surface area contributed by atoms with Gasteiger partial charge in [0.15, 0.2) is 0 Å². The predicted molar refractivity (Wildman–Crippen MR) is 109 cm³/mol. The summed E-state index contributed by atoms with van der Waals surface area (Å²) in [5, 5.41) is 12.4. The zero-order valence-electron chi connectivity index (χ0n) is 13.7. The van der Waals surface area contributed by atoms with Crippen LogP contribution in [0.5, 0.6) is 0 Å². The fourth-order valence-corrected chi connectivity index (χ4v) is 3.99. The first kappa shape index (κ1) is 17.2. The van der Waals surface area contributed by atoms with E-state index >= 15 is 0 Å². The number of thiazole rings is 1. The zero-order valence-corrected chi connectivity index (χ0v) is 16.0. The van der Waals surface area contributed by atoms with Crippen LogP contribution in [0.15, 0.2) is 52.9 Å². The number of para-hydroxylation sites is 1. The van der Waals surface area contributed by atoms with Crippen molar-refractivity contribution in [1.29, 1.82) is 0 Å². The number of furan rings is 1. The Morgan fingerprint density at radius 1 is 1.15 bits per heavy atom. The Morgan fingerprint density at radius 3 is 2.77 bits per heavy atom. The van der Waals surface area contributed by atoms with E-state index in [1.807, 2.05) is 24.3 Å². The molecule has 0 fully saturated rings. The van der Waals surface area contributed by atoms with Gasteiger partial charge in [0.2, 0.25) is 0 Å². The van der Waals surface area contributed by atoms with Gasteiger partial charge in [-0.25, -0.2) is 4.98 Å². The normalized spacial score (nSPS) is 12.0. The lowest BCUT2D eigenvalue weighted by molar-refractivity contribution is 0.505. The van der Waals surface area contributed by atoms with Gasteiger partial charge >= 0.3 is 0 Å². The van der Waals surface area contributed by atoms with Gasteiger partial charge in [-0.2, -0.15) is 0 Å². The average Bonchev–Trinajstić information content (AvgIpc) is 3.19. The standard InChI is InChI=1S/C20H13Cl2NO2S/c1-11-13(9-18(25-11)14-8-12(21)6-7-15(14)22)17(24)10-20-23-16-4-2-3-5-19(16)26-20/h2-10,24H,1H3. The van der Waals surface area contributed by atoms with E-state index in [-0.39, 0.29) is 5.76 Å². The van der Waals surface area contributed by atoms with Crippen molar-refractivity contribution >= 4 is 56.6 Å². The second-order valence-corrected chi connectivity index (χ2v) is 7.66. The Hall–Kier alpha value is -2.27. The minimum Gasteiger partial charge on any atom is -0.507 e. The molecule has 3 nitrogen and oxygen atoms in total. The van der Waals surface area contributed by atoms with E-state index < -0.39 is 0 Å². The molecule has 2 aromatic heterocycles. The quantitative estimate of drug-likeness (QED) is 0.368. The van der Waals surface area contributed by atoms with Crippen molar-refractivity contribution in [1.82, 2.24) is 4.98 Å². The molecule has 0 bridgehead atoms. The van der Waals surface area contributed by atoms with E-state index in [2.05, 4.69) is 4.98 Å². The lowest BCUT2D eigenvalue weighted by Gasteiger charge is -2.00. The first-order valence-electron chi connectivity index (χ1n) is 7.84. The van der Waals surface area contributed by atoms with Crippen LogP contribution in [0, 0.1) is 6.92 Å². The minimum absolute atomic E-state index is 0.0923. The van der Waals surface area contributed by atoms with E-state index in [0.717, 1.165) is 15.2 Å². The van der Waals surface area contributed by atoms with Gasteiger partial charge in [0.05, 0.1) is 20.8 Å². The van der Waals surface area contributed by atoms with E-state index in [0.29, 0.717) is 32.7 Å². The zero-order chi connectivity index (χ0) is 18.3. The van der Waals surface area contributed by atoms with E-state index in [1.54, 1.807) is 37.3 Å². The SMILES string of the molecule is Cc1oc(-c2cc(Cl)ccc2Cl)cc1C(O)=Cc1nc2ccccc2s1. The molecule has 0 atom stereocenters. The number of aromatic nitrogens is 1. The Labute approximate surface area is 164 Å². The number of benzene rings is 2. The number of hydrogen-bond donors (Lipinski definition) is 1. The first-order chi connectivity index (χ1) is 12.5. The van der Waals surface area contributed by atoms with Crippen molar-refractivity contribution in [2.24, 2.45) is 0 Å². The highest BCUT2D eigenvalue weighted by molar-refractivity contribution is 7.19. The summed E-state index contributed by atoms with van der Waals surface area (Å²) < 4.78 is 6.86. The predicted octanol–water partition coefficient (Wildman–Crippen LogP) is 7.23. The van der Waals surface area contributed by atoms with Crippen LogP contribution in [0.3, 0.4) is 0 Å². The van der Waals surface area contributed by atoms with Crippen molar-refractivity contribution in [3.8, 4) is 11.3 Å². The maximum Gasteiger partial charge on any atom is 0.136 e. The maximum absolute atomic E-state index is 10.6. The Morgan fingerprint density at radius 2 is 1.96 bits per heavy atom. The number of aliphatic hydroxyl groups is 1. The third-order valence-corrected chi connectivity index (χ3v) is 5.51. The summed E-state index contributed by atoms with van der Waals surface area (Å²) in [4.78, 5) is 4.51. The van der Waals surface area contributed by atoms with Crippen LogP contribution in [0.4, 0.5) is 0 Å². The topological polar surface area (TPSA) is 46.3 Å². The lowest BCUT2D eigenvalue weighted by Crippen LogP contribution is -1.82. The Kier molecular flexibility index (Phi) is 4.49. The fraction of sp³-hybridized carbons (Fsp3) is 0.0500. The Balaban J connectivity index is 1.73. The molecule has 2 aromatic carbocycles. The van der Waals surface area contributed by atoms with Gasteiger partial charge in [0, 0.05) is 16.7 Å². The van der Waals surface area contributed by atoms with Gasteiger partial charge in [-0.15, -0.1) is 11.3 Å². The summed E-state index contributed by atoms with van der Waals surface area (Å²) in [6, 6.07) is 14.8. The summed E-state index contributed by atoms with van der Waals surface area (Å²) in [6.07, 6.45) is 1.64. The molecule has 6 heteroatoms. The molecule has 4 rings (SSSR count). The van der Waals surface area contributed by atoms with Gasteiger partial charge in [-0.1, -0.05) is 35.3 Å². The third-order valence-electron chi connectivity index (χ3n) is 3.96. The number of rotatable bonds is 3. The summed E-state index contributed by atoms with van der Waals surface area (Å²) in [6.45, 7) is 1.79. The molecule has 1 N–H and O–H groups in total. The van der Waals surface area contributed by atoms with Gasteiger partial charge in [-0.05, 0) is 43.3 Å². The molecule has 0 saturated carbocycles. The Bertz CT molecular complexity index is 1110. The molecule has 4 aromatic rings. The van der Waals surface area contributed by atoms with Crippen LogP contribution in [-0.2, 0) is 0 Å². The van der Waals surface area contributed by atoms with Gasteiger partial charge in [0.1, 0.15) is 22.3 Å². The first-order valence-corrected chi connectivity index (χ1v) is 9.41. The highest BCUT2D eigenvalue weighted by atomic mass is 35.5. The van der Waals surface area contributed by atoms with Crippen LogP contribution in [0.1, 0.15) is 16.3 Å². The molecule has 0 radical (unpaired) electrons. The van der Waals surface area contributed by atoms with E-state index in [9.17, 15) is 5.11 Å². The fourth-order valence-electron chi connectivity index (χ4n) is 2.70. The van der Waals surface area contributed by atoms with Crippen LogP contribution >= 0.6 is 34.5 Å². The lowest BCUT2D eigenvalue weighted by atomic mass is 10.1. The highest BCUT2D eigenvalue weighted by Gasteiger charge is 2.15. The molecule has 0 aliphatic carbocycles. The molecule has 0 unspecified atom stereocenters. The number of halogens is 2. The van der Waals surface area contributed by atoms with Gasteiger partial charge in [0.25, 0.3) is 0 Å². The molecule has 26 heavy (non-hydrogen) atoms.